The van der Waals surface area contributed by atoms with Crippen LogP contribution in [0.1, 0.15) is 0 Å². The van der Waals surface area contributed by atoms with Gasteiger partial charge in [0.15, 0.2) is 0 Å². The van der Waals surface area contributed by atoms with Crippen LogP contribution < -0.4 is 0 Å². The van der Waals surface area contributed by atoms with Crippen LogP contribution in [0.2, 0.25) is 0 Å². The zero-order chi connectivity index (χ0) is 5.21. The first-order chi connectivity index (χ1) is 2.56. The van der Waals surface area contributed by atoms with E-state index in [1.165, 1.54) is 0 Å². The molecule has 0 unspecified atom stereocenters. The minimum Gasteiger partial charge on any atom is -0.323 e. The topological polar surface area (TPSA) is 17.1 Å². The first-order valence-electron chi connectivity index (χ1n) is 1.71. The highest BCUT2D eigenvalue weighted by Crippen LogP contribution is 2.36. The van der Waals surface area contributed by atoms with Gasteiger partial charge in [0.1, 0.15) is 0 Å². The van der Waals surface area contributed by atoms with E-state index in [1.807, 2.05) is 0 Å². The van der Waals surface area contributed by atoms with Gasteiger partial charge in [0.05, 0.1) is 7.14 Å². The van der Waals surface area contributed by atoms with Gasteiger partial charge in [-0.15, -0.1) is 0 Å². The Morgan fingerprint density at radius 1 is 1.67 bits per heavy atom. The molecule has 0 aliphatic rings. The average Bonchev–Trinajstić information content (AvgIpc) is 1.35. The van der Waals surface area contributed by atoms with Crippen LogP contribution in [-0.2, 0) is 4.57 Å². The molecule has 0 atom stereocenters. The molecular formula is C3H9OPS. The van der Waals surface area contributed by atoms with Gasteiger partial charge in [-0.3, -0.25) is 0 Å². The third-order valence-corrected chi connectivity index (χ3v) is 3.07. The molecule has 3 heteroatoms. The molecule has 0 amide bonds. The lowest BCUT2D eigenvalue weighted by molar-refractivity contribution is 0.585. The Hall–Kier alpha value is 0.580. The maximum atomic E-state index is 10.5. The molecule has 0 aliphatic carbocycles. The standard InChI is InChI=1S/C3H9OPS/c1-5(2,4)3-6/h6H,3H2,1-2H3. The van der Waals surface area contributed by atoms with E-state index in [9.17, 15) is 4.57 Å². The summed E-state index contributed by atoms with van der Waals surface area (Å²) in [7, 11) is -1.78. The maximum Gasteiger partial charge on any atom is 0.0910 e. The molecule has 0 saturated heterocycles. The zero-order valence-electron chi connectivity index (χ0n) is 4.01. The maximum absolute atomic E-state index is 10.5. The van der Waals surface area contributed by atoms with Crippen molar-refractivity contribution in [3.05, 3.63) is 0 Å². The first-order valence-corrected chi connectivity index (χ1v) is 5.13. The largest absolute Gasteiger partial charge is 0.323 e. The van der Waals surface area contributed by atoms with Gasteiger partial charge in [-0.2, -0.15) is 12.6 Å². The van der Waals surface area contributed by atoms with Crippen molar-refractivity contribution >= 4 is 19.8 Å². The molecule has 0 rings (SSSR count). The highest BCUT2D eigenvalue weighted by atomic mass is 32.1. The summed E-state index contributed by atoms with van der Waals surface area (Å²) in [6.45, 7) is 3.44. The second kappa shape index (κ2) is 2.04. The van der Waals surface area contributed by atoms with E-state index in [1.54, 1.807) is 13.3 Å². The van der Waals surface area contributed by atoms with Gasteiger partial charge in [-0.05, 0) is 13.3 Å². The van der Waals surface area contributed by atoms with Gasteiger partial charge < -0.3 is 4.57 Å². The van der Waals surface area contributed by atoms with E-state index >= 15 is 0 Å². The lowest BCUT2D eigenvalue weighted by Gasteiger charge is -1.95. The molecule has 0 aromatic carbocycles. The minimum absolute atomic E-state index is 0.521. The van der Waals surface area contributed by atoms with Gasteiger partial charge in [0.25, 0.3) is 0 Å². The first kappa shape index (κ1) is 6.58. The number of rotatable bonds is 1. The van der Waals surface area contributed by atoms with E-state index in [0.717, 1.165) is 0 Å². The molecule has 0 aromatic rings. The van der Waals surface area contributed by atoms with Gasteiger partial charge in [-0.1, -0.05) is 0 Å². The van der Waals surface area contributed by atoms with Crippen LogP contribution in [0.4, 0.5) is 0 Å². The summed E-state index contributed by atoms with van der Waals surface area (Å²) in [6, 6.07) is 0. The normalized spacial score (nSPS) is 11.8. The van der Waals surface area contributed by atoms with Crippen molar-refractivity contribution in [2.24, 2.45) is 0 Å². The Morgan fingerprint density at radius 3 is 1.83 bits per heavy atom. The molecule has 38 valence electrons. The van der Waals surface area contributed by atoms with Crippen LogP contribution in [0.3, 0.4) is 0 Å². The van der Waals surface area contributed by atoms with Crippen molar-refractivity contribution < 1.29 is 4.57 Å². The molecule has 1 nitrogen and oxygen atoms in total. The molecule has 0 radical (unpaired) electrons. The Morgan fingerprint density at radius 2 is 1.83 bits per heavy atom. The Balaban J connectivity index is 3.48. The summed E-state index contributed by atoms with van der Waals surface area (Å²) >= 11 is 3.84. The number of hydrogen-bond donors (Lipinski definition) is 1. The molecule has 0 fully saturated rings. The molecule has 0 aliphatic heterocycles. The van der Waals surface area contributed by atoms with Crippen LogP contribution in [0, 0.1) is 0 Å². The fourth-order valence-corrected chi connectivity index (χ4v) is 0. The van der Waals surface area contributed by atoms with E-state index in [4.69, 9.17) is 0 Å². The van der Waals surface area contributed by atoms with Gasteiger partial charge >= 0.3 is 0 Å². The average molecular weight is 124 g/mol. The van der Waals surface area contributed by atoms with Crippen LogP contribution in [0.5, 0.6) is 0 Å². The molecule has 0 saturated carbocycles. The van der Waals surface area contributed by atoms with Gasteiger partial charge in [0, 0.05) is 5.49 Å². The Bertz CT molecular complexity index is 74.9. The molecule has 0 N–H and O–H groups in total. The van der Waals surface area contributed by atoms with E-state index < -0.39 is 7.14 Å². The monoisotopic (exact) mass is 124 g/mol. The fourth-order valence-electron chi connectivity index (χ4n) is 0. The van der Waals surface area contributed by atoms with Crippen molar-refractivity contribution in [2.45, 2.75) is 0 Å². The molecule has 0 heterocycles. The van der Waals surface area contributed by atoms with Crippen molar-refractivity contribution in [2.75, 3.05) is 18.8 Å². The quantitative estimate of drug-likeness (QED) is 0.414. The number of thiol groups is 1. The van der Waals surface area contributed by atoms with Crippen molar-refractivity contribution in [1.29, 1.82) is 0 Å². The minimum atomic E-state index is -1.78. The smallest absolute Gasteiger partial charge is 0.0910 e. The summed E-state index contributed by atoms with van der Waals surface area (Å²) < 4.78 is 10.5. The summed E-state index contributed by atoms with van der Waals surface area (Å²) in [4.78, 5) is 0. The second-order valence-corrected chi connectivity index (χ2v) is 5.99. The molecule has 0 spiro atoms. The van der Waals surface area contributed by atoms with E-state index in [2.05, 4.69) is 12.6 Å². The van der Waals surface area contributed by atoms with Crippen molar-refractivity contribution in [1.82, 2.24) is 0 Å². The zero-order valence-corrected chi connectivity index (χ0v) is 5.80. The lowest BCUT2D eigenvalue weighted by atomic mass is 11.8. The predicted molar refractivity (Wildman–Crippen MR) is 33.3 cm³/mol. The number of hydrogen-bond acceptors (Lipinski definition) is 2. The van der Waals surface area contributed by atoms with E-state index in [0.29, 0.717) is 5.49 Å². The lowest BCUT2D eigenvalue weighted by Crippen LogP contribution is -1.71. The van der Waals surface area contributed by atoms with Crippen molar-refractivity contribution in [3.63, 3.8) is 0 Å². The van der Waals surface area contributed by atoms with Crippen LogP contribution in [0.15, 0.2) is 0 Å². The summed E-state index contributed by atoms with van der Waals surface area (Å²) in [5.74, 6) is 0. The Labute approximate surface area is 43.9 Å². The molecule has 6 heavy (non-hydrogen) atoms. The van der Waals surface area contributed by atoms with Crippen LogP contribution in [0.25, 0.3) is 0 Å². The van der Waals surface area contributed by atoms with Gasteiger partial charge in [0.2, 0.25) is 0 Å². The van der Waals surface area contributed by atoms with Crippen LogP contribution >= 0.6 is 19.8 Å². The second-order valence-electron chi connectivity index (χ2n) is 1.72. The third-order valence-electron chi connectivity index (χ3n) is 0.341. The van der Waals surface area contributed by atoms with Crippen molar-refractivity contribution in [3.8, 4) is 0 Å². The fraction of sp³-hybridized carbons (Fsp3) is 1.00. The summed E-state index contributed by atoms with van der Waals surface area (Å²) in [5, 5.41) is 0. The SMILES string of the molecule is CP(C)(=O)CS. The summed E-state index contributed by atoms with van der Waals surface area (Å²) in [5.41, 5.74) is 0.521. The predicted octanol–water partition coefficient (Wildman–Crippen LogP) is 1.50. The van der Waals surface area contributed by atoms with Gasteiger partial charge in [-0.25, -0.2) is 0 Å². The highest BCUT2D eigenvalue weighted by Gasteiger charge is 1.99. The van der Waals surface area contributed by atoms with Crippen LogP contribution in [-0.4, -0.2) is 18.8 Å². The summed E-state index contributed by atoms with van der Waals surface area (Å²) in [6.07, 6.45) is 0. The highest BCUT2D eigenvalue weighted by molar-refractivity contribution is 7.90. The molecule has 0 aromatic heterocycles. The van der Waals surface area contributed by atoms with E-state index in [-0.39, 0.29) is 0 Å². The third kappa shape index (κ3) is 4.58. The molecular weight excluding hydrogens is 115 g/mol. The Kier molecular flexibility index (Phi) is 2.23. The molecule has 0 bridgehead atoms.